The molecule has 122 valence electrons. The summed E-state index contributed by atoms with van der Waals surface area (Å²) in [5, 5.41) is 2.61. The van der Waals surface area contributed by atoms with E-state index in [1.165, 1.54) is 12.7 Å². The number of methoxy groups -OCH3 is 1. The smallest absolute Gasteiger partial charge is 0.253 e. The third-order valence-corrected chi connectivity index (χ3v) is 3.71. The van der Waals surface area contributed by atoms with Crippen LogP contribution in [-0.4, -0.2) is 20.1 Å². The Morgan fingerprint density at radius 2 is 1.96 bits per heavy atom. The van der Waals surface area contributed by atoms with Gasteiger partial charge in [-0.25, -0.2) is 0 Å². The summed E-state index contributed by atoms with van der Waals surface area (Å²) >= 11 is 0. The van der Waals surface area contributed by atoms with Gasteiger partial charge in [-0.2, -0.15) is 0 Å². The van der Waals surface area contributed by atoms with Crippen molar-refractivity contribution >= 4 is 5.91 Å². The summed E-state index contributed by atoms with van der Waals surface area (Å²) in [5.41, 5.74) is 4.08. The standard InChI is InChI=1S/C19H23NO3/c1-13-8-9-14(2)17(10-13)23-12-15-6-5-7-16(11-15)18(22-4)19(21)20-3/h5-11,18H,12H2,1-4H3,(H,20,21). The fourth-order valence-corrected chi connectivity index (χ4v) is 2.40. The van der Waals surface area contributed by atoms with Crippen molar-refractivity contribution in [3.63, 3.8) is 0 Å². The lowest BCUT2D eigenvalue weighted by Gasteiger charge is -2.15. The molecule has 0 bridgehead atoms. The Morgan fingerprint density at radius 3 is 2.65 bits per heavy atom. The highest BCUT2D eigenvalue weighted by molar-refractivity contribution is 5.81. The monoisotopic (exact) mass is 313 g/mol. The average Bonchev–Trinajstić information content (AvgIpc) is 2.56. The van der Waals surface area contributed by atoms with Crippen molar-refractivity contribution in [1.82, 2.24) is 5.32 Å². The van der Waals surface area contributed by atoms with Crippen molar-refractivity contribution in [1.29, 1.82) is 0 Å². The minimum atomic E-state index is -0.611. The number of nitrogens with one attached hydrogen (secondary N) is 1. The molecule has 1 unspecified atom stereocenters. The molecular weight excluding hydrogens is 290 g/mol. The largest absolute Gasteiger partial charge is 0.489 e. The Bertz CT molecular complexity index is 682. The maximum Gasteiger partial charge on any atom is 0.253 e. The quantitative estimate of drug-likeness (QED) is 0.890. The summed E-state index contributed by atoms with van der Waals surface area (Å²) in [6.07, 6.45) is -0.611. The Balaban J connectivity index is 2.14. The van der Waals surface area contributed by atoms with E-state index < -0.39 is 6.10 Å². The molecule has 2 rings (SSSR count). The predicted molar refractivity (Wildman–Crippen MR) is 90.5 cm³/mol. The van der Waals surface area contributed by atoms with Crippen molar-refractivity contribution in [2.75, 3.05) is 14.2 Å². The van der Waals surface area contributed by atoms with Gasteiger partial charge in [0, 0.05) is 14.2 Å². The second-order valence-electron chi connectivity index (χ2n) is 5.53. The third kappa shape index (κ3) is 4.33. The summed E-state index contributed by atoms with van der Waals surface area (Å²) in [4.78, 5) is 11.8. The first-order valence-electron chi connectivity index (χ1n) is 7.58. The van der Waals surface area contributed by atoms with E-state index in [2.05, 4.69) is 11.4 Å². The highest BCUT2D eigenvalue weighted by atomic mass is 16.5. The minimum absolute atomic E-state index is 0.167. The number of hydrogen-bond donors (Lipinski definition) is 1. The maximum atomic E-state index is 11.8. The van der Waals surface area contributed by atoms with E-state index in [4.69, 9.17) is 9.47 Å². The number of ether oxygens (including phenoxy) is 2. The fraction of sp³-hybridized carbons (Fsp3) is 0.316. The maximum absolute atomic E-state index is 11.8. The van der Waals surface area contributed by atoms with Gasteiger partial charge in [0.05, 0.1) is 0 Å². The van der Waals surface area contributed by atoms with E-state index in [1.54, 1.807) is 7.05 Å². The predicted octanol–water partition coefficient (Wildman–Crippen LogP) is 3.32. The molecule has 2 aromatic carbocycles. The molecule has 1 atom stereocenters. The molecule has 0 aliphatic carbocycles. The Kier molecular flexibility index (Phi) is 5.77. The summed E-state index contributed by atoms with van der Waals surface area (Å²) in [6.45, 7) is 4.51. The van der Waals surface area contributed by atoms with Gasteiger partial charge in [0.2, 0.25) is 0 Å². The van der Waals surface area contributed by atoms with Crippen LogP contribution in [0.15, 0.2) is 42.5 Å². The number of amides is 1. The fourth-order valence-electron chi connectivity index (χ4n) is 2.40. The van der Waals surface area contributed by atoms with Crippen molar-refractivity contribution in [3.05, 3.63) is 64.7 Å². The van der Waals surface area contributed by atoms with Gasteiger partial charge in [-0.05, 0) is 48.2 Å². The van der Waals surface area contributed by atoms with Crippen LogP contribution in [0.5, 0.6) is 5.75 Å². The Morgan fingerprint density at radius 1 is 1.17 bits per heavy atom. The van der Waals surface area contributed by atoms with Gasteiger partial charge in [-0.15, -0.1) is 0 Å². The van der Waals surface area contributed by atoms with Crippen LogP contribution in [0, 0.1) is 13.8 Å². The first-order chi connectivity index (χ1) is 11.0. The topological polar surface area (TPSA) is 47.6 Å². The highest BCUT2D eigenvalue weighted by Gasteiger charge is 2.18. The second-order valence-corrected chi connectivity index (χ2v) is 5.53. The van der Waals surface area contributed by atoms with Crippen molar-refractivity contribution < 1.29 is 14.3 Å². The molecule has 0 spiro atoms. The molecule has 1 N–H and O–H groups in total. The minimum Gasteiger partial charge on any atom is -0.489 e. The summed E-state index contributed by atoms with van der Waals surface area (Å²) < 4.78 is 11.2. The number of benzene rings is 2. The molecule has 0 radical (unpaired) electrons. The zero-order valence-corrected chi connectivity index (χ0v) is 14.1. The molecule has 0 saturated carbocycles. The Labute approximate surface area is 137 Å². The SMILES string of the molecule is CNC(=O)C(OC)c1cccc(COc2cc(C)ccc2C)c1. The van der Waals surface area contributed by atoms with Crippen molar-refractivity contribution in [2.24, 2.45) is 0 Å². The van der Waals surface area contributed by atoms with Crippen molar-refractivity contribution in [3.8, 4) is 5.75 Å². The van der Waals surface area contributed by atoms with Gasteiger partial charge in [0.1, 0.15) is 12.4 Å². The first kappa shape index (κ1) is 17.0. The van der Waals surface area contributed by atoms with Gasteiger partial charge in [-0.1, -0.05) is 30.3 Å². The van der Waals surface area contributed by atoms with Gasteiger partial charge in [0.15, 0.2) is 6.10 Å². The van der Waals surface area contributed by atoms with Crippen molar-refractivity contribution in [2.45, 2.75) is 26.6 Å². The second kappa shape index (κ2) is 7.79. The highest BCUT2D eigenvalue weighted by Crippen LogP contribution is 2.22. The molecule has 0 aliphatic rings. The van der Waals surface area contributed by atoms with E-state index >= 15 is 0 Å². The lowest BCUT2D eigenvalue weighted by molar-refractivity contribution is -0.130. The molecule has 0 saturated heterocycles. The summed E-state index contributed by atoms with van der Waals surface area (Å²) in [7, 11) is 3.13. The van der Waals surface area contributed by atoms with Crippen LogP contribution in [0.3, 0.4) is 0 Å². The van der Waals surface area contributed by atoms with E-state index in [1.807, 2.05) is 50.2 Å². The Hall–Kier alpha value is -2.33. The van der Waals surface area contributed by atoms with Crippen LogP contribution in [0.25, 0.3) is 0 Å². The van der Waals surface area contributed by atoms with Crippen LogP contribution in [0.2, 0.25) is 0 Å². The lowest BCUT2D eigenvalue weighted by Crippen LogP contribution is -2.27. The molecule has 4 heteroatoms. The van der Waals surface area contributed by atoms with Gasteiger partial charge >= 0.3 is 0 Å². The third-order valence-electron chi connectivity index (χ3n) is 3.71. The molecule has 23 heavy (non-hydrogen) atoms. The molecular formula is C19H23NO3. The normalized spacial score (nSPS) is 11.8. The van der Waals surface area contributed by atoms with E-state index in [0.29, 0.717) is 6.61 Å². The molecule has 4 nitrogen and oxygen atoms in total. The number of hydrogen-bond acceptors (Lipinski definition) is 3. The lowest BCUT2D eigenvalue weighted by atomic mass is 10.1. The van der Waals surface area contributed by atoms with E-state index in [9.17, 15) is 4.79 Å². The molecule has 1 amide bonds. The average molecular weight is 313 g/mol. The van der Waals surface area contributed by atoms with E-state index in [0.717, 1.165) is 22.4 Å². The summed E-state index contributed by atoms with van der Waals surface area (Å²) in [6, 6.07) is 13.8. The number of carbonyl (C=O) groups excluding carboxylic acids is 1. The molecule has 2 aromatic rings. The number of carbonyl (C=O) groups is 1. The molecule has 0 aromatic heterocycles. The van der Waals surface area contributed by atoms with Gasteiger partial charge in [0.25, 0.3) is 5.91 Å². The van der Waals surface area contributed by atoms with Crippen LogP contribution in [0.4, 0.5) is 0 Å². The van der Waals surface area contributed by atoms with Crippen LogP contribution < -0.4 is 10.1 Å². The zero-order valence-electron chi connectivity index (χ0n) is 14.1. The van der Waals surface area contributed by atoms with Gasteiger partial charge in [-0.3, -0.25) is 4.79 Å². The van der Waals surface area contributed by atoms with Crippen LogP contribution in [0.1, 0.15) is 28.4 Å². The molecule has 0 fully saturated rings. The number of rotatable bonds is 6. The van der Waals surface area contributed by atoms with E-state index in [-0.39, 0.29) is 5.91 Å². The number of likely N-dealkylation sites (N-methyl/N-ethyl adjacent to an activating group) is 1. The number of aryl methyl sites for hydroxylation is 2. The van der Waals surface area contributed by atoms with Crippen LogP contribution in [-0.2, 0) is 16.1 Å². The first-order valence-corrected chi connectivity index (χ1v) is 7.58. The molecule has 0 aliphatic heterocycles. The summed E-state index contributed by atoms with van der Waals surface area (Å²) in [5.74, 6) is 0.713. The van der Waals surface area contributed by atoms with Gasteiger partial charge < -0.3 is 14.8 Å². The molecule has 0 heterocycles. The zero-order chi connectivity index (χ0) is 16.8. The van der Waals surface area contributed by atoms with Crippen LogP contribution >= 0.6 is 0 Å².